The number of anilines is 1. The van der Waals surface area contributed by atoms with E-state index in [0.29, 0.717) is 5.69 Å². The van der Waals surface area contributed by atoms with Crippen LogP contribution in [0.4, 0.5) is 10.1 Å². The second kappa shape index (κ2) is 5.60. The summed E-state index contributed by atoms with van der Waals surface area (Å²) in [6.45, 7) is 0. The fourth-order valence-corrected chi connectivity index (χ4v) is 2.31. The van der Waals surface area contributed by atoms with Crippen molar-refractivity contribution in [3.8, 4) is 0 Å². The van der Waals surface area contributed by atoms with Crippen molar-refractivity contribution < 1.29 is 17.6 Å². The van der Waals surface area contributed by atoms with Crippen LogP contribution in [-0.2, 0) is 9.05 Å². The highest BCUT2D eigenvalue weighted by Gasteiger charge is 2.12. The Morgan fingerprint density at radius 2 is 1.65 bits per heavy atom. The van der Waals surface area contributed by atoms with Gasteiger partial charge in [-0.15, -0.1) is 0 Å². The zero-order valence-electron chi connectivity index (χ0n) is 10.0. The lowest BCUT2D eigenvalue weighted by Gasteiger charge is -2.06. The maximum atomic E-state index is 13.4. The molecule has 20 heavy (non-hydrogen) atoms. The van der Waals surface area contributed by atoms with E-state index >= 15 is 0 Å². The third-order valence-corrected chi connectivity index (χ3v) is 3.88. The van der Waals surface area contributed by atoms with Gasteiger partial charge in [0.2, 0.25) is 0 Å². The summed E-state index contributed by atoms with van der Waals surface area (Å²) >= 11 is 0. The van der Waals surface area contributed by atoms with Crippen molar-refractivity contribution in [2.75, 3.05) is 5.32 Å². The third-order valence-electron chi connectivity index (χ3n) is 2.51. The summed E-state index contributed by atoms with van der Waals surface area (Å²) in [5.74, 6) is -1.26. The lowest BCUT2D eigenvalue weighted by molar-refractivity contribution is 0.102. The lowest BCUT2D eigenvalue weighted by Crippen LogP contribution is -2.13. The minimum Gasteiger partial charge on any atom is -0.322 e. The van der Waals surface area contributed by atoms with E-state index in [-0.39, 0.29) is 10.5 Å². The van der Waals surface area contributed by atoms with Gasteiger partial charge in [-0.1, -0.05) is 12.1 Å². The van der Waals surface area contributed by atoms with Crippen LogP contribution in [0.5, 0.6) is 0 Å². The van der Waals surface area contributed by atoms with Gasteiger partial charge < -0.3 is 5.32 Å². The van der Waals surface area contributed by atoms with Gasteiger partial charge in [-0.3, -0.25) is 4.79 Å². The Hall–Kier alpha value is -1.92. The second-order valence-corrected chi connectivity index (χ2v) is 6.46. The van der Waals surface area contributed by atoms with E-state index in [1.165, 1.54) is 42.5 Å². The largest absolute Gasteiger partial charge is 0.322 e. The van der Waals surface area contributed by atoms with E-state index in [9.17, 15) is 17.6 Å². The van der Waals surface area contributed by atoms with Crippen LogP contribution in [0.25, 0.3) is 0 Å². The van der Waals surface area contributed by atoms with Gasteiger partial charge >= 0.3 is 0 Å². The van der Waals surface area contributed by atoms with Crippen LogP contribution in [0, 0.1) is 5.82 Å². The molecule has 2 aromatic rings. The summed E-state index contributed by atoms with van der Waals surface area (Å²) in [5, 5.41) is 2.46. The molecule has 0 bridgehead atoms. The normalized spacial score (nSPS) is 11.1. The molecule has 1 N–H and O–H groups in total. The van der Waals surface area contributed by atoms with Crippen molar-refractivity contribution in [3.05, 3.63) is 59.9 Å². The number of carbonyl (C=O) groups excluding carboxylic acids is 1. The number of carbonyl (C=O) groups is 1. The number of amides is 1. The first-order valence-electron chi connectivity index (χ1n) is 5.48. The first-order valence-corrected chi connectivity index (χ1v) is 7.79. The smallest absolute Gasteiger partial charge is 0.261 e. The Labute approximate surface area is 119 Å². The van der Waals surface area contributed by atoms with Crippen molar-refractivity contribution in [1.29, 1.82) is 0 Å². The van der Waals surface area contributed by atoms with E-state index in [2.05, 4.69) is 5.32 Å². The highest BCUT2D eigenvalue weighted by molar-refractivity contribution is 8.13. The minimum absolute atomic E-state index is 0.0805. The van der Waals surface area contributed by atoms with E-state index in [0.717, 1.165) is 0 Å². The number of hydrogen-bond donors (Lipinski definition) is 1. The standard InChI is InChI=1S/C13H9ClFNO3S/c14-20(18,19)10-7-5-9(6-8-10)16-13(17)11-3-1-2-4-12(11)15/h1-8H,(H,16,17). The van der Waals surface area contributed by atoms with Crippen LogP contribution >= 0.6 is 10.7 Å². The molecule has 104 valence electrons. The molecule has 0 unspecified atom stereocenters. The van der Waals surface area contributed by atoms with Gasteiger partial charge in [-0.05, 0) is 36.4 Å². The van der Waals surface area contributed by atoms with Crippen molar-refractivity contribution in [1.82, 2.24) is 0 Å². The molecule has 0 radical (unpaired) electrons. The van der Waals surface area contributed by atoms with Crippen LogP contribution in [0.1, 0.15) is 10.4 Å². The first kappa shape index (κ1) is 14.5. The first-order chi connectivity index (χ1) is 9.38. The van der Waals surface area contributed by atoms with Crippen molar-refractivity contribution >= 4 is 31.3 Å². The van der Waals surface area contributed by atoms with E-state index < -0.39 is 20.8 Å². The zero-order valence-corrected chi connectivity index (χ0v) is 11.6. The molecule has 7 heteroatoms. The molecule has 0 aliphatic carbocycles. The molecule has 0 spiro atoms. The molecule has 2 rings (SSSR count). The number of nitrogens with one attached hydrogen (secondary N) is 1. The van der Waals surface area contributed by atoms with Crippen LogP contribution in [0.15, 0.2) is 53.4 Å². The predicted molar refractivity (Wildman–Crippen MR) is 73.8 cm³/mol. The maximum absolute atomic E-state index is 13.4. The third kappa shape index (κ3) is 3.34. The highest BCUT2D eigenvalue weighted by Crippen LogP contribution is 2.18. The molecular formula is C13H9ClFNO3S. The van der Waals surface area contributed by atoms with Crippen LogP contribution in [0.2, 0.25) is 0 Å². The molecule has 0 atom stereocenters. The molecule has 0 fully saturated rings. The Kier molecular flexibility index (Phi) is 4.06. The zero-order chi connectivity index (χ0) is 14.8. The molecular weight excluding hydrogens is 305 g/mol. The van der Waals surface area contributed by atoms with Gasteiger partial charge in [0.25, 0.3) is 15.0 Å². The van der Waals surface area contributed by atoms with Gasteiger partial charge in [0.05, 0.1) is 10.5 Å². The molecule has 0 aromatic heterocycles. The fourth-order valence-electron chi connectivity index (χ4n) is 1.54. The summed E-state index contributed by atoms with van der Waals surface area (Å²) in [5.41, 5.74) is 0.240. The monoisotopic (exact) mass is 313 g/mol. The van der Waals surface area contributed by atoms with Gasteiger partial charge in [0, 0.05) is 16.4 Å². The van der Waals surface area contributed by atoms with E-state index in [1.807, 2.05) is 0 Å². The second-order valence-electron chi connectivity index (χ2n) is 3.90. The van der Waals surface area contributed by atoms with E-state index in [4.69, 9.17) is 10.7 Å². The summed E-state index contributed by atoms with van der Waals surface area (Å²) in [6.07, 6.45) is 0. The molecule has 0 saturated heterocycles. The molecule has 0 aliphatic rings. The fraction of sp³-hybridized carbons (Fsp3) is 0. The summed E-state index contributed by atoms with van der Waals surface area (Å²) < 4.78 is 35.5. The molecule has 0 saturated carbocycles. The van der Waals surface area contributed by atoms with Crippen molar-refractivity contribution in [2.45, 2.75) is 4.90 Å². The lowest BCUT2D eigenvalue weighted by atomic mass is 10.2. The predicted octanol–water partition coefficient (Wildman–Crippen LogP) is 3.01. The van der Waals surface area contributed by atoms with Gasteiger partial charge in [0.1, 0.15) is 5.82 Å². The number of benzene rings is 2. The quantitative estimate of drug-likeness (QED) is 0.886. The number of halogens is 2. The molecule has 4 nitrogen and oxygen atoms in total. The number of rotatable bonds is 3. The Morgan fingerprint density at radius 3 is 2.20 bits per heavy atom. The summed E-state index contributed by atoms with van der Waals surface area (Å²) in [4.78, 5) is 11.7. The Balaban J connectivity index is 2.19. The van der Waals surface area contributed by atoms with Crippen LogP contribution in [-0.4, -0.2) is 14.3 Å². The van der Waals surface area contributed by atoms with Crippen LogP contribution in [0.3, 0.4) is 0 Å². The summed E-state index contributed by atoms with van der Waals surface area (Å²) in [6, 6.07) is 10.8. The molecule has 0 heterocycles. The van der Waals surface area contributed by atoms with Crippen molar-refractivity contribution in [3.63, 3.8) is 0 Å². The molecule has 1 amide bonds. The number of hydrogen-bond acceptors (Lipinski definition) is 3. The van der Waals surface area contributed by atoms with E-state index in [1.54, 1.807) is 6.07 Å². The minimum atomic E-state index is -3.81. The Bertz CT molecular complexity index is 744. The summed E-state index contributed by atoms with van der Waals surface area (Å²) in [7, 11) is 1.36. The SMILES string of the molecule is O=C(Nc1ccc(S(=O)(=O)Cl)cc1)c1ccccc1F. The molecule has 0 aliphatic heterocycles. The Morgan fingerprint density at radius 1 is 1.05 bits per heavy atom. The van der Waals surface area contributed by atoms with Crippen molar-refractivity contribution in [2.24, 2.45) is 0 Å². The average Bonchev–Trinajstić information content (AvgIpc) is 2.38. The topological polar surface area (TPSA) is 63.2 Å². The average molecular weight is 314 g/mol. The maximum Gasteiger partial charge on any atom is 0.261 e. The molecule has 2 aromatic carbocycles. The van der Waals surface area contributed by atoms with Crippen LogP contribution < -0.4 is 5.32 Å². The highest BCUT2D eigenvalue weighted by atomic mass is 35.7. The van der Waals surface area contributed by atoms with Gasteiger partial charge in [-0.25, -0.2) is 12.8 Å². The van der Waals surface area contributed by atoms with Gasteiger partial charge in [0.15, 0.2) is 0 Å². The van der Waals surface area contributed by atoms with Gasteiger partial charge in [-0.2, -0.15) is 0 Å².